The third kappa shape index (κ3) is 2.74. The zero-order valence-corrected chi connectivity index (χ0v) is 10.5. The molecule has 1 aliphatic heterocycles. The van der Waals surface area contributed by atoms with Gasteiger partial charge in [0.1, 0.15) is 0 Å². The van der Waals surface area contributed by atoms with Crippen molar-refractivity contribution in [2.75, 3.05) is 26.3 Å². The van der Waals surface area contributed by atoms with Gasteiger partial charge < -0.3 is 20.4 Å². The Morgan fingerprint density at radius 1 is 1.53 bits per heavy atom. The SMILES string of the molecule is O=C(NCC1COCCN1)c1ccc2nc[nH]c2c1. The number of carbonyl (C=O) groups excluding carboxylic acids is 1. The number of aromatic nitrogens is 2. The van der Waals surface area contributed by atoms with Crippen LogP contribution in [0.25, 0.3) is 11.0 Å². The maximum absolute atomic E-state index is 12.0. The van der Waals surface area contributed by atoms with E-state index in [4.69, 9.17) is 4.74 Å². The lowest BCUT2D eigenvalue weighted by Crippen LogP contribution is -2.48. The minimum Gasteiger partial charge on any atom is -0.378 e. The molecule has 1 fully saturated rings. The van der Waals surface area contributed by atoms with Gasteiger partial charge in [-0.1, -0.05) is 0 Å². The molecule has 1 aromatic carbocycles. The summed E-state index contributed by atoms with van der Waals surface area (Å²) >= 11 is 0. The number of ether oxygens (including phenoxy) is 1. The zero-order valence-electron chi connectivity index (χ0n) is 10.5. The number of nitrogens with one attached hydrogen (secondary N) is 3. The summed E-state index contributed by atoms with van der Waals surface area (Å²) in [5.74, 6) is -0.0797. The van der Waals surface area contributed by atoms with Gasteiger partial charge in [0, 0.05) is 24.7 Å². The minimum absolute atomic E-state index is 0.0797. The number of fused-ring (bicyclic) bond motifs is 1. The van der Waals surface area contributed by atoms with E-state index in [1.165, 1.54) is 0 Å². The molecule has 0 saturated carbocycles. The second kappa shape index (κ2) is 5.38. The second-order valence-electron chi connectivity index (χ2n) is 4.57. The third-order valence-corrected chi connectivity index (χ3v) is 3.19. The van der Waals surface area contributed by atoms with Gasteiger partial charge in [-0.25, -0.2) is 4.98 Å². The molecule has 100 valence electrons. The summed E-state index contributed by atoms with van der Waals surface area (Å²) in [6.45, 7) is 2.78. The largest absolute Gasteiger partial charge is 0.378 e. The summed E-state index contributed by atoms with van der Waals surface area (Å²) in [5.41, 5.74) is 2.36. The van der Waals surface area contributed by atoms with Crippen LogP contribution in [0.3, 0.4) is 0 Å². The first kappa shape index (κ1) is 12.1. The van der Waals surface area contributed by atoms with Gasteiger partial charge in [-0.3, -0.25) is 4.79 Å². The van der Waals surface area contributed by atoms with Gasteiger partial charge in [0.2, 0.25) is 0 Å². The summed E-state index contributed by atoms with van der Waals surface area (Å²) in [6, 6.07) is 5.61. The number of nitrogens with zero attached hydrogens (tertiary/aromatic N) is 1. The van der Waals surface area contributed by atoms with Crippen LogP contribution in [-0.4, -0.2) is 48.2 Å². The van der Waals surface area contributed by atoms with Crippen LogP contribution in [0.1, 0.15) is 10.4 Å². The summed E-state index contributed by atoms with van der Waals surface area (Å²) in [6.07, 6.45) is 1.62. The molecule has 1 amide bonds. The molecule has 0 radical (unpaired) electrons. The molecule has 6 nitrogen and oxygen atoms in total. The molecule has 1 unspecified atom stereocenters. The van der Waals surface area contributed by atoms with Crippen LogP contribution < -0.4 is 10.6 Å². The first-order valence-electron chi connectivity index (χ1n) is 6.35. The number of H-pyrrole nitrogens is 1. The molecule has 3 N–H and O–H groups in total. The Kier molecular flexibility index (Phi) is 3.43. The van der Waals surface area contributed by atoms with E-state index in [1.807, 2.05) is 12.1 Å². The van der Waals surface area contributed by atoms with Crippen molar-refractivity contribution in [1.82, 2.24) is 20.6 Å². The molecule has 1 atom stereocenters. The fraction of sp³-hybridized carbons (Fsp3) is 0.385. The number of hydrogen-bond acceptors (Lipinski definition) is 4. The Labute approximate surface area is 110 Å². The molecule has 0 bridgehead atoms. The van der Waals surface area contributed by atoms with Crippen molar-refractivity contribution in [1.29, 1.82) is 0 Å². The molecule has 6 heteroatoms. The molecule has 1 saturated heterocycles. The van der Waals surface area contributed by atoms with E-state index in [0.717, 1.165) is 24.2 Å². The van der Waals surface area contributed by atoms with Crippen LogP contribution >= 0.6 is 0 Å². The summed E-state index contributed by atoms with van der Waals surface area (Å²) in [4.78, 5) is 19.2. The zero-order chi connectivity index (χ0) is 13.1. The van der Waals surface area contributed by atoms with E-state index >= 15 is 0 Å². The summed E-state index contributed by atoms with van der Waals surface area (Å²) < 4.78 is 5.34. The molecular weight excluding hydrogens is 244 g/mol. The fourth-order valence-electron chi connectivity index (χ4n) is 2.15. The Morgan fingerprint density at radius 3 is 3.32 bits per heavy atom. The maximum atomic E-state index is 12.0. The van der Waals surface area contributed by atoms with Crippen LogP contribution in [0.4, 0.5) is 0 Å². The predicted molar refractivity (Wildman–Crippen MR) is 71.0 cm³/mol. The van der Waals surface area contributed by atoms with Gasteiger partial charge in [0.15, 0.2) is 0 Å². The fourth-order valence-corrected chi connectivity index (χ4v) is 2.15. The van der Waals surface area contributed by atoms with Gasteiger partial charge in [-0.15, -0.1) is 0 Å². The molecule has 2 aromatic rings. The molecule has 0 aliphatic carbocycles. The average molecular weight is 260 g/mol. The molecule has 2 heterocycles. The van der Waals surface area contributed by atoms with Crippen LogP contribution in [0.2, 0.25) is 0 Å². The van der Waals surface area contributed by atoms with Crippen molar-refractivity contribution < 1.29 is 9.53 Å². The summed E-state index contributed by atoms with van der Waals surface area (Å²) in [5, 5.41) is 6.21. The number of morpholine rings is 1. The highest BCUT2D eigenvalue weighted by Gasteiger charge is 2.14. The maximum Gasteiger partial charge on any atom is 0.251 e. The van der Waals surface area contributed by atoms with Crippen LogP contribution in [0.5, 0.6) is 0 Å². The van der Waals surface area contributed by atoms with Gasteiger partial charge in [0.25, 0.3) is 5.91 Å². The molecule has 1 aliphatic rings. The van der Waals surface area contributed by atoms with E-state index in [-0.39, 0.29) is 11.9 Å². The van der Waals surface area contributed by atoms with Crippen LogP contribution in [0.15, 0.2) is 24.5 Å². The van der Waals surface area contributed by atoms with E-state index in [1.54, 1.807) is 12.4 Å². The van der Waals surface area contributed by atoms with Crippen molar-refractivity contribution in [3.05, 3.63) is 30.1 Å². The Bertz CT molecular complexity index is 575. The first-order chi connectivity index (χ1) is 9.33. The van der Waals surface area contributed by atoms with Gasteiger partial charge in [-0.2, -0.15) is 0 Å². The van der Waals surface area contributed by atoms with E-state index in [2.05, 4.69) is 20.6 Å². The highest BCUT2D eigenvalue weighted by atomic mass is 16.5. The van der Waals surface area contributed by atoms with Crippen molar-refractivity contribution in [2.45, 2.75) is 6.04 Å². The standard InChI is InChI=1S/C13H16N4O2/c18-13(15-6-10-7-19-4-3-14-10)9-1-2-11-12(5-9)17-8-16-11/h1-2,5,8,10,14H,3-4,6-7H2,(H,15,18)(H,16,17). The summed E-state index contributed by atoms with van der Waals surface area (Å²) in [7, 11) is 0. The molecule has 19 heavy (non-hydrogen) atoms. The molecule has 1 aromatic heterocycles. The average Bonchev–Trinajstić information content (AvgIpc) is 2.93. The molecule has 0 spiro atoms. The number of hydrogen-bond donors (Lipinski definition) is 3. The second-order valence-corrected chi connectivity index (χ2v) is 4.57. The van der Waals surface area contributed by atoms with Crippen molar-refractivity contribution >= 4 is 16.9 Å². The predicted octanol–water partition coefficient (Wildman–Crippen LogP) is 0.281. The Hall–Kier alpha value is -1.92. The van der Waals surface area contributed by atoms with Gasteiger partial charge in [0.05, 0.1) is 30.6 Å². The highest BCUT2D eigenvalue weighted by Crippen LogP contribution is 2.11. The number of amides is 1. The normalized spacial score (nSPS) is 19.5. The number of benzene rings is 1. The lowest BCUT2D eigenvalue weighted by atomic mass is 10.2. The van der Waals surface area contributed by atoms with E-state index in [9.17, 15) is 4.79 Å². The van der Waals surface area contributed by atoms with E-state index < -0.39 is 0 Å². The van der Waals surface area contributed by atoms with Gasteiger partial charge in [-0.05, 0) is 18.2 Å². The first-order valence-corrected chi connectivity index (χ1v) is 6.35. The van der Waals surface area contributed by atoms with Gasteiger partial charge >= 0.3 is 0 Å². The number of aromatic amines is 1. The van der Waals surface area contributed by atoms with Crippen molar-refractivity contribution in [3.63, 3.8) is 0 Å². The third-order valence-electron chi connectivity index (χ3n) is 3.19. The topological polar surface area (TPSA) is 79.0 Å². The van der Waals surface area contributed by atoms with Crippen molar-refractivity contribution in [3.8, 4) is 0 Å². The Balaban J connectivity index is 1.62. The lowest BCUT2D eigenvalue weighted by Gasteiger charge is -2.23. The van der Waals surface area contributed by atoms with Crippen LogP contribution in [-0.2, 0) is 4.74 Å². The van der Waals surface area contributed by atoms with E-state index in [0.29, 0.717) is 18.7 Å². The quantitative estimate of drug-likeness (QED) is 0.740. The molecular formula is C13H16N4O2. The monoisotopic (exact) mass is 260 g/mol. The number of rotatable bonds is 3. The number of imidazole rings is 1. The van der Waals surface area contributed by atoms with Crippen molar-refractivity contribution in [2.24, 2.45) is 0 Å². The highest BCUT2D eigenvalue weighted by molar-refractivity contribution is 5.97. The number of carbonyl (C=O) groups is 1. The lowest BCUT2D eigenvalue weighted by molar-refractivity contribution is 0.0735. The minimum atomic E-state index is -0.0797. The smallest absolute Gasteiger partial charge is 0.251 e. The van der Waals surface area contributed by atoms with Crippen LogP contribution in [0, 0.1) is 0 Å². The molecule has 3 rings (SSSR count). The Morgan fingerprint density at radius 2 is 2.47 bits per heavy atom.